The Hall–Kier alpha value is -0.343. The third-order valence-corrected chi connectivity index (χ3v) is 4.28. The van der Waals surface area contributed by atoms with Gasteiger partial charge in [-0.05, 0) is 0 Å². The Labute approximate surface area is 75.1 Å². The Bertz CT molecular complexity index is 250. The molecule has 0 atom stereocenters. The normalized spacial score (nSPS) is 11.5. The highest BCUT2D eigenvalue weighted by Crippen LogP contribution is 2.05. The zero-order valence-corrected chi connectivity index (χ0v) is 9.03. The molecule has 1 rings (SSSR count). The van der Waals surface area contributed by atoms with Gasteiger partial charge in [0.15, 0.2) is 0 Å². The van der Waals surface area contributed by atoms with Gasteiger partial charge in [-0.15, -0.1) is 0 Å². The summed E-state index contributed by atoms with van der Waals surface area (Å²) in [6, 6.07) is 8.26. The Morgan fingerprint density at radius 2 is 1.64 bits per heavy atom. The van der Waals surface area contributed by atoms with E-state index in [-0.39, 0.29) is 0 Å². The summed E-state index contributed by atoms with van der Waals surface area (Å²) in [7, 11) is -1.18. The van der Waals surface area contributed by atoms with Gasteiger partial charge in [-0.25, -0.2) is 0 Å². The minimum Gasteiger partial charge on any atom is -0.780 e. The number of hydrogen-bond donors (Lipinski definition) is 0. The molecule has 0 aromatic heterocycles. The molecule has 1 aromatic rings. The zero-order chi connectivity index (χ0) is 8.48. The van der Waals surface area contributed by atoms with Crippen LogP contribution in [-0.2, 0) is 12.6 Å². The van der Waals surface area contributed by atoms with E-state index in [1.165, 1.54) is 5.19 Å². The number of rotatable bonds is 1. The highest BCUT2D eigenvalue weighted by atomic mass is 32.1. The molecule has 0 aliphatic heterocycles. The van der Waals surface area contributed by atoms with Gasteiger partial charge in [0.1, 0.15) is 0 Å². The predicted octanol–water partition coefficient (Wildman–Crippen LogP) is 2.14. The molecule has 1 aromatic carbocycles. The third kappa shape index (κ3) is 2.04. The van der Waals surface area contributed by atoms with Crippen molar-refractivity contribution in [2.24, 2.45) is 0 Å². The Balaban J connectivity index is 3.14. The van der Waals surface area contributed by atoms with E-state index in [4.69, 9.17) is 12.6 Å². The minimum absolute atomic E-state index is 1.03. The summed E-state index contributed by atoms with van der Waals surface area (Å²) in [6.45, 7) is 6.95. The van der Waals surface area contributed by atoms with Crippen molar-refractivity contribution in [1.29, 1.82) is 0 Å². The molecule has 0 radical (unpaired) electrons. The van der Waals surface area contributed by atoms with Crippen LogP contribution in [0.5, 0.6) is 0 Å². The second-order valence-corrected chi connectivity index (χ2v) is 9.22. The Kier molecular flexibility index (Phi) is 2.35. The zero-order valence-electron chi connectivity index (χ0n) is 7.22. The fourth-order valence-corrected chi connectivity index (χ4v) is 3.57. The van der Waals surface area contributed by atoms with Crippen LogP contribution < -0.4 is 5.19 Å². The van der Waals surface area contributed by atoms with Crippen molar-refractivity contribution in [2.45, 2.75) is 24.5 Å². The fourth-order valence-electron chi connectivity index (χ4n) is 1.09. The lowest BCUT2D eigenvalue weighted by molar-refractivity contribution is 1.50. The van der Waals surface area contributed by atoms with Crippen LogP contribution in [0.2, 0.25) is 19.6 Å². The molecular formula is C9H13SSi-. The van der Waals surface area contributed by atoms with Gasteiger partial charge >= 0.3 is 0 Å². The van der Waals surface area contributed by atoms with E-state index < -0.39 is 8.07 Å². The van der Waals surface area contributed by atoms with Gasteiger partial charge in [0.2, 0.25) is 0 Å². The van der Waals surface area contributed by atoms with Crippen LogP contribution in [0.4, 0.5) is 0 Å². The van der Waals surface area contributed by atoms with E-state index in [1.54, 1.807) is 0 Å². The third-order valence-electron chi connectivity index (χ3n) is 1.70. The van der Waals surface area contributed by atoms with Crippen molar-refractivity contribution in [3.8, 4) is 0 Å². The quantitative estimate of drug-likeness (QED) is 0.472. The first-order valence-corrected chi connectivity index (χ1v) is 7.69. The molecule has 0 amide bonds. The molecule has 0 nitrogen and oxygen atoms in total. The average Bonchev–Trinajstić information content (AvgIpc) is 1.86. The highest BCUT2D eigenvalue weighted by Gasteiger charge is 2.14. The average molecular weight is 181 g/mol. The van der Waals surface area contributed by atoms with Crippen molar-refractivity contribution >= 4 is 25.9 Å². The monoisotopic (exact) mass is 181 g/mol. The maximum Gasteiger partial charge on any atom is 0.0756 e. The van der Waals surface area contributed by atoms with Crippen molar-refractivity contribution in [3.63, 3.8) is 0 Å². The maximum atomic E-state index is 5.23. The minimum atomic E-state index is -1.18. The van der Waals surface area contributed by atoms with Gasteiger partial charge in [-0.2, -0.15) is 4.90 Å². The molecule has 2 heteroatoms. The second-order valence-electron chi connectivity index (χ2n) is 3.75. The summed E-state index contributed by atoms with van der Waals surface area (Å²) in [6.07, 6.45) is 0. The fraction of sp³-hybridized carbons (Fsp3) is 0.333. The van der Waals surface area contributed by atoms with Crippen LogP contribution >= 0.6 is 0 Å². The first-order chi connectivity index (χ1) is 5.02. The summed E-state index contributed by atoms with van der Waals surface area (Å²) in [4.78, 5) is 1.03. The molecule has 0 fully saturated rings. The number of benzene rings is 1. The van der Waals surface area contributed by atoms with Gasteiger partial charge in [-0.3, -0.25) is 0 Å². The molecule has 0 heterocycles. The van der Waals surface area contributed by atoms with Gasteiger partial charge in [0.25, 0.3) is 0 Å². The molecule has 0 aliphatic carbocycles. The molecule has 11 heavy (non-hydrogen) atoms. The van der Waals surface area contributed by atoms with Gasteiger partial charge in [-0.1, -0.05) is 49.1 Å². The van der Waals surface area contributed by atoms with Crippen molar-refractivity contribution < 1.29 is 0 Å². The Morgan fingerprint density at radius 3 is 2.00 bits per heavy atom. The molecular weight excluding hydrogens is 168 g/mol. The largest absolute Gasteiger partial charge is 0.780 e. The van der Waals surface area contributed by atoms with Crippen LogP contribution in [-0.4, -0.2) is 8.07 Å². The van der Waals surface area contributed by atoms with Gasteiger partial charge < -0.3 is 12.6 Å². The van der Waals surface area contributed by atoms with Crippen molar-refractivity contribution in [1.82, 2.24) is 0 Å². The molecule has 0 N–H and O–H groups in total. The first-order valence-electron chi connectivity index (χ1n) is 3.78. The van der Waals surface area contributed by atoms with E-state index in [0.29, 0.717) is 0 Å². The SMILES string of the molecule is C[Si](C)(C)c1ccccc1[S-]. The highest BCUT2D eigenvalue weighted by molar-refractivity contribution is 7.59. The van der Waals surface area contributed by atoms with Crippen LogP contribution in [0, 0.1) is 0 Å². The van der Waals surface area contributed by atoms with E-state index in [9.17, 15) is 0 Å². The molecule has 0 saturated carbocycles. The second kappa shape index (κ2) is 2.95. The van der Waals surface area contributed by atoms with Crippen LogP contribution in [0.1, 0.15) is 0 Å². The molecule has 60 valence electrons. The van der Waals surface area contributed by atoms with Crippen molar-refractivity contribution in [3.05, 3.63) is 24.3 Å². The summed E-state index contributed by atoms with van der Waals surface area (Å²) in [5, 5.41) is 1.40. The first kappa shape index (κ1) is 8.75. The maximum absolute atomic E-state index is 5.23. The van der Waals surface area contributed by atoms with Crippen LogP contribution in [0.3, 0.4) is 0 Å². The van der Waals surface area contributed by atoms with E-state index >= 15 is 0 Å². The summed E-state index contributed by atoms with van der Waals surface area (Å²) < 4.78 is 0. The lowest BCUT2D eigenvalue weighted by atomic mass is 10.4. The van der Waals surface area contributed by atoms with E-state index in [1.807, 2.05) is 12.1 Å². The lowest BCUT2D eigenvalue weighted by Gasteiger charge is -2.23. The topological polar surface area (TPSA) is 0 Å². The molecule has 0 saturated heterocycles. The summed E-state index contributed by atoms with van der Waals surface area (Å²) in [5.74, 6) is 0. The Morgan fingerprint density at radius 1 is 1.09 bits per heavy atom. The van der Waals surface area contributed by atoms with Crippen LogP contribution in [0.15, 0.2) is 29.2 Å². The molecule has 0 spiro atoms. The molecule has 0 bridgehead atoms. The van der Waals surface area contributed by atoms with Crippen LogP contribution in [0.25, 0.3) is 0 Å². The summed E-state index contributed by atoms with van der Waals surface area (Å²) >= 11 is 5.23. The van der Waals surface area contributed by atoms with Crippen molar-refractivity contribution in [2.75, 3.05) is 0 Å². The summed E-state index contributed by atoms with van der Waals surface area (Å²) in [5.41, 5.74) is 0. The van der Waals surface area contributed by atoms with Gasteiger partial charge in [0, 0.05) is 0 Å². The van der Waals surface area contributed by atoms with E-state index in [0.717, 1.165) is 4.90 Å². The van der Waals surface area contributed by atoms with Gasteiger partial charge in [0.05, 0.1) is 8.07 Å². The standard InChI is InChI=1S/C9H14SSi/c1-11(2,3)9-7-5-4-6-8(9)10/h4-7,10H,1-3H3/p-1. The number of hydrogen-bond acceptors (Lipinski definition) is 1. The molecule has 0 aliphatic rings. The smallest absolute Gasteiger partial charge is 0.0756 e. The van der Waals surface area contributed by atoms with E-state index in [2.05, 4.69) is 31.8 Å². The predicted molar refractivity (Wildman–Crippen MR) is 55.1 cm³/mol. The lowest BCUT2D eigenvalue weighted by Crippen LogP contribution is -2.38. The molecule has 0 unspecified atom stereocenters.